The van der Waals surface area contributed by atoms with Crippen molar-refractivity contribution in [3.05, 3.63) is 0 Å². The molecule has 0 aromatic carbocycles. The first-order valence-corrected chi connectivity index (χ1v) is 17.8. The van der Waals surface area contributed by atoms with Crippen LogP contribution in [-0.4, -0.2) is 22.2 Å². The van der Waals surface area contributed by atoms with E-state index < -0.39 is 11.9 Å². The average Bonchev–Trinajstić information content (AvgIpc) is 2.91. The number of unbranched alkanes of at least 4 members (excludes halogenated alkanes) is 21. The van der Waals surface area contributed by atoms with Gasteiger partial charge in [-0.15, -0.1) is 0 Å². The average molecular weight is 569 g/mol. The first-order chi connectivity index (χ1) is 19.3. The molecule has 0 aliphatic rings. The summed E-state index contributed by atoms with van der Waals surface area (Å²) < 4.78 is 0. The Balaban J connectivity index is 0. The number of rotatable bonds is 30. The van der Waals surface area contributed by atoms with Gasteiger partial charge < -0.3 is 10.2 Å². The highest BCUT2D eigenvalue weighted by Crippen LogP contribution is 2.19. The maximum absolute atomic E-state index is 11.2. The molecule has 0 rings (SSSR count). The van der Waals surface area contributed by atoms with E-state index in [2.05, 4.69) is 27.7 Å². The van der Waals surface area contributed by atoms with Gasteiger partial charge in [0, 0.05) is 6.42 Å². The Morgan fingerprint density at radius 3 is 1.05 bits per heavy atom. The number of carbonyl (C=O) groups is 2. The van der Waals surface area contributed by atoms with E-state index >= 15 is 0 Å². The molecule has 0 heterocycles. The summed E-state index contributed by atoms with van der Waals surface area (Å²) in [6, 6.07) is 0. The van der Waals surface area contributed by atoms with Crippen LogP contribution in [0.25, 0.3) is 0 Å². The van der Waals surface area contributed by atoms with Gasteiger partial charge in [0.25, 0.3) is 0 Å². The van der Waals surface area contributed by atoms with Gasteiger partial charge in [0.2, 0.25) is 0 Å². The Morgan fingerprint density at radius 1 is 0.450 bits per heavy atom. The summed E-state index contributed by atoms with van der Waals surface area (Å²) in [5.74, 6) is -0.456. The van der Waals surface area contributed by atoms with Gasteiger partial charge in [-0.05, 0) is 25.2 Å². The van der Waals surface area contributed by atoms with Crippen LogP contribution < -0.4 is 0 Å². The zero-order valence-corrected chi connectivity index (χ0v) is 27.7. The first kappa shape index (κ1) is 41.1. The highest BCUT2D eigenvalue weighted by molar-refractivity contribution is 5.69. The maximum atomic E-state index is 11.2. The van der Waals surface area contributed by atoms with Crippen LogP contribution in [0.5, 0.6) is 0 Å². The number of hydrogen-bond acceptors (Lipinski definition) is 2. The molecule has 0 aromatic heterocycles. The van der Waals surface area contributed by atoms with Gasteiger partial charge in [0.05, 0.1) is 5.92 Å². The van der Waals surface area contributed by atoms with Crippen molar-refractivity contribution < 1.29 is 19.8 Å². The largest absolute Gasteiger partial charge is 0.481 e. The summed E-state index contributed by atoms with van der Waals surface area (Å²) in [7, 11) is 0. The number of carboxylic acid groups (broad SMARTS) is 2. The second-order valence-corrected chi connectivity index (χ2v) is 12.7. The van der Waals surface area contributed by atoms with Crippen molar-refractivity contribution in [1.29, 1.82) is 0 Å². The summed E-state index contributed by atoms with van der Waals surface area (Å²) >= 11 is 0. The SMILES string of the molecule is CC(C)CCCCCCCCCCCCCCC(=O)O.CCCCCCCCCC(CCCCCCC)C(=O)O. The maximum Gasteiger partial charge on any atom is 0.306 e. The Bertz CT molecular complexity index is 517. The molecule has 4 heteroatoms. The summed E-state index contributed by atoms with van der Waals surface area (Å²) in [6.07, 6.45) is 34.1. The minimum atomic E-state index is -0.654. The molecule has 4 nitrogen and oxygen atoms in total. The van der Waals surface area contributed by atoms with Crippen LogP contribution in [0, 0.1) is 11.8 Å². The van der Waals surface area contributed by atoms with Crippen molar-refractivity contribution in [2.75, 3.05) is 0 Å². The van der Waals surface area contributed by atoms with Gasteiger partial charge in [-0.25, -0.2) is 0 Å². The first-order valence-electron chi connectivity index (χ1n) is 17.8. The highest BCUT2D eigenvalue weighted by Gasteiger charge is 2.16. The molecule has 0 fully saturated rings. The van der Waals surface area contributed by atoms with Crippen molar-refractivity contribution in [3.63, 3.8) is 0 Å². The molecule has 0 saturated heterocycles. The van der Waals surface area contributed by atoms with Crippen LogP contribution in [0.2, 0.25) is 0 Å². The van der Waals surface area contributed by atoms with Crippen LogP contribution in [0.3, 0.4) is 0 Å². The number of carboxylic acids is 2. The topological polar surface area (TPSA) is 74.6 Å². The zero-order chi connectivity index (χ0) is 30.1. The molecule has 2 N–H and O–H groups in total. The monoisotopic (exact) mass is 569 g/mol. The molecule has 240 valence electrons. The molecule has 0 aromatic rings. The van der Waals surface area contributed by atoms with Crippen molar-refractivity contribution in [1.82, 2.24) is 0 Å². The molecule has 1 unspecified atom stereocenters. The van der Waals surface area contributed by atoms with E-state index in [1.54, 1.807) is 0 Å². The van der Waals surface area contributed by atoms with Gasteiger partial charge >= 0.3 is 11.9 Å². The Morgan fingerprint density at radius 2 is 0.750 bits per heavy atom. The van der Waals surface area contributed by atoms with E-state index in [1.165, 1.54) is 135 Å². The standard InChI is InChI=1S/2C18H36O2/c1-17(2)15-13-11-9-7-5-3-4-6-8-10-12-14-16-18(19)20;1-3-5-7-9-10-12-14-16-17(18(19)20)15-13-11-8-6-4-2/h2*17H,3-16H2,1-2H3,(H,19,20). The second-order valence-electron chi connectivity index (χ2n) is 12.7. The smallest absolute Gasteiger partial charge is 0.306 e. The summed E-state index contributed by atoms with van der Waals surface area (Å²) in [4.78, 5) is 21.6. The molecule has 40 heavy (non-hydrogen) atoms. The highest BCUT2D eigenvalue weighted by atomic mass is 16.4. The minimum Gasteiger partial charge on any atom is -0.481 e. The third-order valence-electron chi connectivity index (χ3n) is 8.08. The van der Waals surface area contributed by atoms with Crippen molar-refractivity contribution in [2.45, 2.75) is 207 Å². The van der Waals surface area contributed by atoms with Crippen LogP contribution >= 0.6 is 0 Å². The molecule has 1 atom stereocenters. The van der Waals surface area contributed by atoms with Crippen LogP contribution in [0.4, 0.5) is 0 Å². The van der Waals surface area contributed by atoms with Crippen LogP contribution in [0.1, 0.15) is 207 Å². The van der Waals surface area contributed by atoms with Crippen molar-refractivity contribution in [2.24, 2.45) is 11.8 Å². The van der Waals surface area contributed by atoms with Gasteiger partial charge in [-0.2, -0.15) is 0 Å². The molecular formula is C36H72O4. The lowest BCUT2D eigenvalue weighted by molar-refractivity contribution is -0.142. The van der Waals surface area contributed by atoms with Gasteiger partial charge in [0.15, 0.2) is 0 Å². The van der Waals surface area contributed by atoms with Crippen molar-refractivity contribution in [3.8, 4) is 0 Å². The van der Waals surface area contributed by atoms with Gasteiger partial charge in [0.1, 0.15) is 0 Å². The Hall–Kier alpha value is -1.06. The van der Waals surface area contributed by atoms with E-state index in [9.17, 15) is 14.7 Å². The third kappa shape index (κ3) is 36.9. The summed E-state index contributed by atoms with van der Waals surface area (Å²) in [5, 5.41) is 17.8. The van der Waals surface area contributed by atoms with Crippen molar-refractivity contribution >= 4 is 11.9 Å². The molecule has 0 bridgehead atoms. The van der Waals surface area contributed by atoms with Gasteiger partial charge in [-0.1, -0.05) is 182 Å². The fourth-order valence-electron chi connectivity index (χ4n) is 5.33. The molecule has 0 amide bonds. The Kier molecular flexibility index (Phi) is 35.1. The number of hydrogen-bond donors (Lipinski definition) is 2. The predicted molar refractivity (Wildman–Crippen MR) is 174 cm³/mol. The normalized spacial score (nSPS) is 11.8. The fraction of sp³-hybridized carbons (Fsp3) is 0.944. The Labute approximate surface area is 250 Å². The van der Waals surface area contributed by atoms with E-state index in [0.29, 0.717) is 6.42 Å². The predicted octanol–water partition coefficient (Wildman–Crippen LogP) is 12.4. The van der Waals surface area contributed by atoms with E-state index in [-0.39, 0.29) is 5.92 Å². The lowest BCUT2D eigenvalue weighted by Crippen LogP contribution is -2.13. The van der Waals surface area contributed by atoms with E-state index in [1.807, 2.05) is 0 Å². The third-order valence-corrected chi connectivity index (χ3v) is 8.08. The summed E-state index contributed by atoms with van der Waals surface area (Å²) in [6.45, 7) is 9.06. The van der Waals surface area contributed by atoms with Crippen LogP contribution in [0.15, 0.2) is 0 Å². The molecule has 0 aliphatic heterocycles. The molecule has 0 aliphatic carbocycles. The van der Waals surface area contributed by atoms with E-state index in [4.69, 9.17) is 5.11 Å². The zero-order valence-electron chi connectivity index (χ0n) is 27.7. The minimum absolute atomic E-state index is 0.0905. The quantitative estimate of drug-likeness (QED) is 0.0845. The molecule has 0 saturated carbocycles. The fourth-order valence-corrected chi connectivity index (χ4v) is 5.33. The second kappa shape index (κ2) is 34.1. The van der Waals surface area contributed by atoms with Crippen LogP contribution in [-0.2, 0) is 9.59 Å². The molecule has 0 radical (unpaired) electrons. The lowest BCUT2D eigenvalue weighted by Gasteiger charge is -2.12. The molecular weight excluding hydrogens is 496 g/mol. The number of aliphatic carboxylic acids is 2. The lowest BCUT2D eigenvalue weighted by atomic mass is 9.94. The summed E-state index contributed by atoms with van der Waals surface area (Å²) in [5.41, 5.74) is 0. The molecule has 0 spiro atoms. The van der Waals surface area contributed by atoms with E-state index in [0.717, 1.165) is 44.4 Å². The van der Waals surface area contributed by atoms with Gasteiger partial charge in [-0.3, -0.25) is 9.59 Å².